The second-order valence-electron chi connectivity index (χ2n) is 8.52. The molecule has 6 heteroatoms. The lowest BCUT2D eigenvalue weighted by Crippen LogP contribution is -2.52. The standard InChI is InChI=1S/C23H35BrN2O3/c1-2-3-17-29-22(27)26-15-13-25(14-16-26)18-21(19-7-9-20(24)10-8-19)23(28)11-5-4-6-12-23/h7-10,21,28H,2-6,11-18H2,1H3. The summed E-state index contributed by atoms with van der Waals surface area (Å²) in [5.41, 5.74) is 0.571. The predicted molar refractivity (Wildman–Crippen MR) is 119 cm³/mol. The van der Waals surface area contributed by atoms with E-state index < -0.39 is 5.60 Å². The monoisotopic (exact) mass is 466 g/mol. The fourth-order valence-corrected chi connectivity index (χ4v) is 4.82. The van der Waals surface area contributed by atoms with Crippen LogP contribution in [0.2, 0.25) is 0 Å². The van der Waals surface area contributed by atoms with E-state index in [-0.39, 0.29) is 12.0 Å². The first-order chi connectivity index (χ1) is 14.0. The van der Waals surface area contributed by atoms with Crippen molar-refractivity contribution in [2.75, 3.05) is 39.3 Å². The van der Waals surface area contributed by atoms with E-state index in [1.54, 1.807) is 0 Å². The van der Waals surface area contributed by atoms with Gasteiger partial charge in [-0.1, -0.05) is 60.7 Å². The average Bonchev–Trinajstić information content (AvgIpc) is 2.74. The summed E-state index contributed by atoms with van der Waals surface area (Å²) in [6, 6.07) is 8.42. The fraction of sp³-hybridized carbons (Fsp3) is 0.696. The molecule has 1 aliphatic heterocycles. The quantitative estimate of drug-likeness (QED) is 0.587. The van der Waals surface area contributed by atoms with Crippen LogP contribution in [-0.4, -0.2) is 65.9 Å². The van der Waals surface area contributed by atoms with Crippen molar-refractivity contribution >= 4 is 22.0 Å². The van der Waals surface area contributed by atoms with Gasteiger partial charge >= 0.3 is 6.09 Å². The molecule has 2 aliphatic rings. The van der Waals surface area contributed by atoms with Gasteiger partial charge in [0.2, 0.25) is 0 Å². The predicted octanol–water partition coefficient (Wildman–Crippen LogP) is 4.78. The Morgan fingerprint density at radius 2 is 1.79 bits per heavy atom. The van der Waals surface area contributed by atoms with Gasteiger partial charge in [-0.15, -0.1) is 0 Å². The van der Waals surface area contributed by atoms with Gasteiger partial charge in [0.15, 0.2) is 0 Å². The van der Waals surface area contributed by atoms with Crippen LogP contribution >= 0.6 is 15.9 Å². The van der Waals surface area contributed by atoms with E-state index in [0.29, 0.717) is 19.7 Å². The fourth-order valence-electron chi connectivity index (χ4n) is 4.56. The lowest BCUT2D eigenvalue weighted by Gasteiger charge is -2.43. The molecule has 1 heterocycles. The van der Waals surface area contributed by atoms with Crippen LogP contribution in [0, 0.1) is 0 Å². The molecule has 1 aromatic rings. The zero-order chi connectivity index (χ0) is 20.7. The molecule has 1 atom stereocenters. The smallest absolute Gasteiger partial charge is 0.409 e. The van der Waals surface area contributed by atoms with Crippen molar-refractivity contribution in [3.63, 3.8) is 0 Å². The van der Waals surface area contributed by atoms with Crippen LogP contribution in [0.3, 0.4) is 0 Å². The van der Waals surface area contributed by atoms with Crippen molar-refractivity contribution in [3.05, 3.63) is 34.3 Å². The lowest BCUT2D eigenvalue weighted by molar-refractivity contribution is -0.0342. The van der Waals surface area contributed by atoms with Gasteiger partial charge in [-0.3, -0.25) is 4.90 Å². The zero-order valence-electron chi connectivity index (χ0n) is 17.6. The first kappa shape index (κ1) is 22.6. The van der Waals surface area contributed by atoms with Gasteiger partial charge in [-0.2, -0.15) is 0 Å². The van der Waals surface area contributed by atoms with E-state index in [9.17, 15) is 9.90 Å². The van der Waals surface area contributed by atoms with Crippen molar-refractivity contribution in [2.24, 2.45) is 0 Å². The summed E-state index contributed by atoms with van der Waals surface area (Å²) in [7, 11) is 0. The Hall–Kier alpha value is -1.11. The summed E-state index contributed by atoms with van der Waals surface area (Å²) in [5.74, 6) is 0.0963. The largest absolute Gasteiger partial charge is 0.449 e. The summed E-state index contributed by atoms with van der Waals surface area (Å²) < 4.78 is 6.41. The molecule has 0 radical (unpaired) electrons. The van der Waals surface area contributed by atoms with Crippen LogP contribution in [0.25, 0.3) is 0 Å². The van der Waals surface area contributed by atoms with Gasteiger partial charge in [0.1, 0.15) is 0 Å². The molecule has 0 spiro atoms. The summed E-state index contributed by atoms with van der Waals surface area (Å²) in [4.78, 5) is 16.4. The number of halogens is 1. The van der Waals surface area contributed by atoms with E-state index in [4.69, 9.17) is 4.74 Å². The van der Waals surface area contributed by atoms with Gasteiger partial charge in [0.05, 0.1) is 12.2 Å². The molecule has 1 unspecified atom stereocenters. The van der Waals surface area contributed by atoms with Crippen molar-refractivity contribution in [2.45, 2.75) is 63.4 Å². The van der Waals surface area contributed by atoms with E-state index >= 15 is 0 Å². The molecule has 1 aliphatic carbocycles. The minimum Gasteiger partial charge on any atom is -0.449 e. The molecule has 162 valence electrons. The van der Waals surface area contributed by atoms with E-state index in [1.807, 2.05) is 4.90 Å². The second kappa shape index (κ2) is 10.8. The lowest BCUT2D eigenvalue weighted by atomic mass is 9.72. The van der Waals surface area contributed by atoms with Crippen molar-refractivity contribution in [1.29, 1.82) is 0 Å². The summed E-state index contributed by atoms with van der Waals surface area (Å²) >= 11 is 3.52. The van der Waals surface area contributed by atoms with E-state index in [1.165, 1.54) is 12.0 Å². The molecule has 1 N–H and O–H groups in total. The number of amides is 1. The summed E-state index contributed by atoms with van der Waals surface area (Å²) in [6.07, 6.45) is 6.92. The highest BCUT2D eigenvalue weighted by molar-refractivity contribution is 9.10. The van der Waals surface area contributed by atoms with Crippen LogP contribution in [0.1, 0.15) is 63.4 Å². The van der Waals surface area contributed by atoms with Crippen LogP contribution < -0.4 is 0 Å². The maximum Gasteiger partial charge on any atom is 0.409 e. The minimum atomic E-state index is -0.637. The molecule has 0 aromatic heterocycles. The molecule has 3 rings (SSSR count). The molecular formula is C23H35BrN2O3. The average molecular weight is 467 g/mol. The van der Waals surface area contributed by atoms with E-state index in [0.717, 1.165) is 62.6 Å². The van der Waals surface area contributed by atoms with Crippen molar-refractivity contribution in [1.82, 2.24) is 9.80 Å². The van der Waals surface area contributed by atoms with E-state index in [2.05, 4.69) is 52.0 Å². The number of carbonyl (C=O) groups excluding carboxylic acids is 1. The van der Waals surface area contributed by atoms with Crippen LogP contribution in [-0.2, 0) is 4.74 Å². The molecule has 5 nitrogen and oxygen atoms in total. The maximum absolute atomic E-state index is 12.2. The number of ether oxygens (including phenoxy) is 1. The van der Waals surface area contributed by atoms with Gasteiger partial charge in [-0.05, 0) is 37.0 Å². The van der Waals surface area contributed by atoms with Gasteiger partial charge in [0.25, 0.3) is 0 Å². The third kappa shape index (κ3) is 6.19. The highest BCUT2D eigenvalue weighted by atomic mass is 79.9. The molecule has 1 aromatic carbocycles. The summed E-state index contributed by atoms with van der Waals surface area (Å²) in [5, 5.41) is 11.5. The minimum absolute atomic E-state index is 0.0963. The highest BCUT2D eigenvalue weighted by Crippen LogP contribution is 2.40. The topological polar surface area (TPSA) is 53.0 Å². The highest BCUT2D eigenvalue weighted by Gasteiger charge is 2.40. The van der Waals surface area contributed by atoms with Gasteiger partial charge in [0, 0.05) is 43.1 Å². The number of hydrogen-bond acceptors (Lipinski definition) is 4. The first-order valence-corrected chi connectivity index (χ1v) is 11.9. The first-order valence-electron chi connectivity index (χ1n) is 11.1. The third-order valence-electron chi connectivity index (χ3n) is 6.44. The Morgan fingerprint density at radius 3 is 2.41 bits per heavy atom. The molecule has 0 bridgehead atoms. The maximum atomic E-state index is 12.2. The second-order valence-corrected chi connectivity index (χ2v) is 9.44. The van der Waals surface area contributed by atoms with Crippen LogP contribution in [0.15, 0.2) is 28.7 Å². The Morgan fingerprint density at radius 1 is 1.14 bits per heavy atom. The molecule has 1 saturated carbocycles. The zero-order valence-corrected chi connectivity index (χ0v) is 19.2. The number of hydrogen-bond donors (Lipinski definition) is 1. The SMILES string of the molecule is CCCCOC(=O)N1CCN(CC(c2ccc(Br)cc2)C2(O)CCCCC2)CC1. The normalized spacial score (nSPS) is 21.0. The van der Waals surface area contributed by atoms with Crippen LogP contribution in [0.4, 0.5) is 4.79 Å². The number of rotatable bonds is 7. The third-order valence-corrected chi connectivity index (χ3v) is 6.96. The van der Waals surface area contributed by atoms with Crippen molar-refractivity contribution < 1.29 is 14.6 Å². The number of nitrogens with zero attached hydrogens (tertiary/aromatic N) is 2. The van der Waals surface area contributed by atoms with Gasteiger partial charge < -0.3 is 14.7 Å². The Labute approximate surface area is 183 Å². The number of aliphatic hydroxyl groups is 1. The molecular weight excluding hydrogens is 432 g/mol. The Bertz CT molecular complexity index is 638. The van der Waals surface area contributed by atoms with Gasteiger partial charge in [-0.25, -0.2) is 4.79 Å². The molecule has 1 amide bonds. The number of piperazine rings is 1. The number of carbonyl (C=O) groups is 1. The molecule has 2 fully saturated rings. The Balaban J connectivity index is 1.62. The number of benzene rings is 1. The summed E-state index contributed by atoms with van der Waals surface area (Å²) in [6.45, 7) is 6.46. The Kier molecular flexibility index (Phi) is 8.39. The van der Waals surface area contributed by atoms with Crippen molar-refractivity contribution in [3.8, 4) is 0 Å². The number of unbranched alkanes of at least 4 members (excludes halogenated alkanes) is 1. The molecule has 29 heavy (non-hydrogen) atoms. The van der Waals surface area contributed by atoms with Crippen LogP contribution in [0.5, 0.6) is 0 Å². The molecule has 1 saturated heterocycles.